The first-order chi connectivity index (χ1) is 7.20. The zero-order valence-electron chi connectivity index (χ0n) is 9.04. The highest BCUT2D eigenvalue weighted by molar-refractivity contribution is 6.31. The molecule has 15 heavy (non-hydrogen) atoms. The molecule has 1 unspecified atom stereocenters. The average molecular weight is 225 g/mol. The molecule has 1 aromatic carbocycles. The van der Waals surface area contributed by atoms with Gasteiger partial charge in [0.05, 0.1) is 0 Å². The van der Waals surface area contributed by atoms with Crippen LogP contribution in [-0.2, 0) is 6.42 Å². The molecule has 0 spiro atoms. The summed E-state index contributed by atoms with van der Waals surface area (Å²) in [7, 11) is 0. The summed E-state index contributed by atoms with van der Waals surface area (Å²) in [6, 6.07) is 6.15. The Bertz CT molecular complexity index is 344. The average Bonchev–Trinajstić information content (AvgIpc) is 3.03. The molecular weight excluding hydrogens is 208 g/mol. The molecule has 1 atom stereocenters. The van der Waals surface area contributed by atoms with Crippen LogP contribution in [0.15, 0.2) is 18.2 Å². The van der Waals surface area contributed by atoms with Crippen molar-refractivity contribution in [2.45, 2.75) is 26.2 Å². The van der Waals surface area contributed by atoms with Crippen LogP contribution in [0.4, 0.5) is 0 Å². The second-order valence-corrected chi connectivity index (χ2v) is 4.97. The summed E-state index contributed by atoms with van der Waals surface area (Å²) in [6.45, 7) is 2.34. The summed E-state index contributed by atoms with van der Waals surface area (Å²) >= 11 is 5.98. The monoisotopic (exact) mass is 224 g/mol. The summed E-state index contributed by atoms with van der Waals surface area (Å²) in [6.07, 6.45) is 3.56. The Kier molecular flexibility index (Phi) is 3.32. The number of hydrogen-bond donors (Lipinski definition) is 1. The van der Waals surface area contributed by atoms with E-state index in [-0.39, 0.29) is 0 Å². The topological polar surface area (TPSA) is 20.2 Å². The third-order valence-electron chi connectivity index (χ3n) is 3.24. The number of rotatable bonds is 4. The Hall–Kier alpha value is -0.530. The fourth-order valence-corrected chi connectivity index (χ4v) is 2.20. The van der Waals surface area contributed by atoms with Crippen LogP contribution >= 0.6 is 11.6 Å². The smallest absolute Gasteiger partial charge is 0.0465 e. The molecule has 0 amide bonds. The number of hydrogen-bond acceptors (Lipinski definition) is 1. The van der Waals surface area contributed by atoms with E-state index in [2.05, 4.69) is 12.1 Å². The molecule has 1 N–H and O–H groups in total. The Balaban J connectivity index is 2.05. The number of aryl methyl sites for hydroxylation is 1. The zero-order chi connectivity index (χ0) is 10.8. The minimum atomic E-state index is 0.312. The van der Waals surface area contributed by atoms with Crippen LogP contribution in [0.1, 0.15) is 24.0 Å². The molecular formula is C13H17ClO. The van der Waals surface area contributed by atoms with Gasteiger partial charge in [0, 0.05) is 11.6 Å². The maximum atomic E-state index is 9.30. The number of aliphatic hydroxyl groups is 1. The van der Waals surface area contributed by atoms with Crippen LogP contribution in [0, 0.1) is 18.8 Å². The first-order valence-electron chi connectivity index (χ1n) is 5.56. The van der Waals surface area contributed by atoms with Crippen molar-refractivity contribution in [2.24, 2.45) is 11.8 Å². The second kappa shape index (κ2) is 4.54. The lowest BCUT2D eigenvalue weighted by Gasteiger charge is -2.13. The van der Waals surface area contributed by atoms with E-state index in [9.17, 15) is 5.11 Å². The Morgan fingerprint density at radius 2 is 2.20 bits per heavy atom. The molecule has 1 fully saturated rings. The van der Waals surface area contributed by atoms with Gasteiger partial charge in [0.15, 0.2) is 0 Å². The largest absolute Gasteiger partial charge is 0.396 e. The van der Waals surface area contributed by atoms with Gasteiger partial charge in [-0.2, -0.15) is 0 Å². The minimum absolute atomic E-state index is 0.312. The lowest BCUT2D eigenvalue weighted by atomic mass is 9.95. The lowest BCUT2D eigenvalue weighted by Crippen LogP contribution is -2.11. The third-order valence-corrected chi connectivity index (χ3v) is 3.67. The van der Waals surface area contributed by atoms with Crippen LogP contribution in [0.25, 0.3) is 0 Å². The maximum Gasteiger partial charge on any atom is 0.0465 e. The van der Waals surface area contributed by atoms with Crippen molar-refractivity contribution in [2.75, 3.05) is 6.61 Å². The quantitative estimate of drug-likeness (QED) is 0.833. The van der Waals surface area contributed by atoms with Gasteiger partial charge in [-0.1, -0.05) is 23.7 Å². The molecule has 0 aliphatic heterocycles. The Morgan fingerprint density at radius 3 is 2.73 bits per heavy atom. The number of benzene rings is 1. The Labute approximate surface area is 96.1 Å². The molecule has 0 radical (unpaired) electrons. The van der Waals surface area contributed by atoms with Crippen LogP contribution in [0.5, 0.6) is 0 Å². The lowest BCUT2D eigenvalue weighted by molar-refractivity contribution is 0.209. The SMILES string of the molecule is Cc1cc(CC(CO)C2CC2)ccc1Cl. The molecule has 1 nitrogen and oxygen atoms in total. The third kappa shape index (κ3) is 2.73. The van der Waals surface area contributed by atoms with Crippen LogP contribution in [0.2, 0.25) is 5.02 Å². The molecule has 1 aliphatic carbocycles. The van der Waals surface area contributed by atoms with Crippen molar-refractivity contribution >= 4 is 11.6 Å². The molecule has 82 valence electrons. The summed E-state index contributed by atoms with van der Waals surface area (Å²) in [5.74, 6) is 1.21. The molecule has 1 aliphatic rings. The highest BCUT2D eigenvalue weighted by Gasteiger charge is 2.30. The highest BCUT2D eigenvalue weighted by Crippen LogP contribution is 2.38. The van der Waals surface area contributed by atoms with Crippen LogP contribution in [-0.4, -0.2) is 11.7 Å². The maximum absolute atomic E-state index is 9.30. The van der Waals surface area contributed by atoms with Gasteiger partial charge < -0.3 is 5.11 Å². The van der Waals surface area contributed by atoms with Crippen LogP contribution in [0.3, 0.4) is 0 Å². The number of aliphatic hydroxyl groups excluding tert-OH is 1. The fourth-order valence-electron chi connectivity index (χ4n) is 2.08. The van der Waals surface area contributed by atoms with Gasteiger partial charge >= 0.3 is 0 Å². The van der Waals surface area contributed by atoms with Gasteiger partial charge in [0.2, 0.25) is 0 Å². The summed E-state index contributed by atoms with van der Waals surface area (Å²) in [4.78, 5) is 0. The normalized spacial score (nSPS) is 17.8. The molecule has 2 rings (SSSR count). The number of halogens is 1. The molecule has 0 saturated heterocycles. The fraction of sp³-hybridized carbons (Fsp3) is 0.538. The second-order valence-electron chi connectivity index (χ2n) is 4.57. The van der Waals surface area contributed by atoms with Crippen molar-refractivity contribution in [3.05, 3.63) is 34.3 Å². The van der Waals surface area contributed by atoms with Gasteiger partial charge in [0.25, 0.3) is 0 Å². The van der Waals surface area contributed by atoms with Crippen molar-refractivity contribution in [3.8, 4) is 0 Å². The van der Waals surface area contributed by atoms with Gasteiger partial charge in [-0.25, -0.2) is 0 Å². The van der Waals surface area contributed by atoms with E-state index in [1.165, 1.54) is 18.4 Å². The first-order valence-corrected chi connectivity index (χ1v) is 5.94. The van der Waals surface area contributed by atoms with Gasteiger partial charge in [-0.15, -0.1) is 0 Å². The van der Waals surface area contributed by atoms with E-state index in [0.717, 1.165) is 22.9 Å². The minimum Gasteiger partial charge on any atom is -0.396 e. The molecule has 1 saturated carbocycles. The van der Waals surface area contributed by atoms with Crippen molar-refractivity contribution < 1.29 is 5.11 Å². The van der Waals surface area contributed by atoms with Crippen molar-refractivity contribution in [3.63, 3.8) is 0 Å². The van der Waals surface area contributed by atoms with E-state index in [1.54, 1.807) is 0 Å². The van der Waals surface area contributed by atoms with Crippen molar-refractivity contribution in [1.82, 2.24) is 0 Å². The molecule has 0 heterocycles. The summed E-state index contributed by atoms with van der Waals surface area (Å²) in [5.41, 5.74) is 2.42. The highest BCUT2D eigenvalue weighted by atomic mass is 35.5. The Morgan fingerprint density at radius 1 is 1.47 bits per heavy atom. The van der Waals surface area contributed by atoms with Crippen LogP contribution < -0.4 is 0 Å². The van der Waals surface area contributed by atoms with E-state index >= 15 is 0 Å². The standard InChI is InChI=1S/C13H17ClO/c1-9-6-10(2-5-13(9)14)7-12(8-15)11-3-4-11/h2,5-6,11-12,15H,3-4,7-8H2,1H3. The predicted molar refractivity (Wildman–Crippen MR) is 63.2 cm³/mol. The molecule has 0 aromatic heterocycles. The summed E-state index contributed by atoms with van der Waals surface area (Å²) in [5, 5.41) is 10.1. The van der Waals surface area contributed by atoms with E-state index < -0.39 is 0 Å². The first kappa shape index (κ1) is 11.0. The van der Waals surface area contributed by atoms with Crippen molar-refractivity contribution in [1.29, 1.82) is 0 Å². The molecule has 2 heteroatoms. The summed E-state index contributed by atoms with van der Waals surface area (Å²) < 4.78 is 0. The zero-order valence-corrected chi connectivity index (χ0v) is 9.80. The van der Waals surface area contributed by atoms with Gasteiger partial charge in [-0.05, 0) is 55.2 Å². The molecule has 1 aromatic rings. The predicted octanol–water partition coefficient (Wildman–Crippen LogP) is 3.21. The van der Waals surface area contributed by atoms with Gasteiger partial charge in [-0.3, -0.25) is 0 Å². The van der Waals surface area contributed by atoms with E-state index in [1.807, 2.05) is 13.0 Å². The van der Waals surface area contributed by atoms with E-state index in [4.69, 9.17) is 11.6 Å². The van der Waals surface area contributed by atoms with Gasteiger partial charge in [0.1, 0.15) is 0 Å². The van der Waals surface area contributed by atoms with E-state index in [0.29, 0.717) is 12.5 Å². The molecule has 0 bridgehead atoms.